The van der Waals surface area contributed by atoms with E-state index in [1.807, 2.05) is 48.5 Å². The van der Waals surface area contributed by atoms with Gasteiger partial charge in [0.25, 0.3) is 0 Å². The van der Waals surface area contributed by atoms with Crippen LogP contribution in [0.5, 0.6) is 0 Å². The van der Waals surface area contributed by atoms with Gasteiger partial charge < -0.3 is 4.42 Å². The van der Waals surface area contributed by atoms with E-state index in [2.05, 4.69) is 84.9 Å². The number of aromatic nitrogens is 2. The van der Waals surface area contributed by atoms with Crippen molar-refractivity contribution in [3.8, 4) is 33.8 Å². The van der Waals surface area contributed by atoms with Crippen molar-refractivity contribution in [1.82, 2.24) is 9.97 Å². The highest BCUT2D eigenvalue weighted by atomic mass is 16.3. The highest BCUT2D eigenvalue weighted by molar-refractivity contribution is 6.17. The van der Waals surface area contributed by atoms with Gasteiger partial charge in [-0.2, -0.15) is 0 Å². The van der Waals surface area contributed by atoms with Crippen molar-refractivity contribution in [2.45, 2.75) is 0 Å². The van der Waals surface area contributed by atoms with E-state index >= 15 is 0 Å². The van der Waals surface area contributed by atoms with Gasteiger partial charge in [-0.05, 0) is 29.7 Å². The van der Waals surface area contributed by atoms with Crippen LogP contribution in [-0.2, 0) is 0 Å². The van der Waals surface area contributed by atoms with Crippen LogP contribution < -0.4 is 0 Å². The van der Waals surface area contributed by atoms with E-state index < -0.39 is 0 Å². The Morgan fingerprint density at radius 3 is 1.67 bits per heavy atom. The predicted molar refractivity (Wildman–Crippen MR) is 161 cm³/mol. The molecular weight excluding hydrogens is 476 g/mol. The van der Waals surface area contributed by atoms with Crippen LogP contribution in [0.15, 0.2) is 138 Å². The summed E-state index contributed by atoms with van der Waals surface area (Å²) in [4.78, 5) is 10.3. The predicted octanol–water partition coefficient (Wildman–Crippen LogP) is 9.68. The van der Waals surface area contributed by atoms with E-state index in [-0.39, 0.29) is 0 Å². The summed E-state index contributed by atoms with van der Waals surface area (Å²) < 4.78 is 6.22. The maximum Gasteiger partial charge on any atom is 0.137 e. The van der Waals surface area contributed by atoms with Crippen LogP contribution >= 0.6 is 0 Å². The van der Waals surface area contributed by atoms with Gasteiger partial charge >= 0.3 is 0 Å². The molecule has 8 rings (SSSR count). The van der Waals surface area contributed by atoms with Crippen LogP contribution in [0.3, 0.4) is 0 Å². The molecule has 0 bridgehead atoms. The van der Waals surface area contributed by atoms with Gasteiger partial charge in [-0.25, -0.2) is 9.97 Å². The number of para-hydroxylation sites is 1. The fourth-order valence-corrected chi connectivity index (χ4v) is 5.57. The molecule has 0 amide bonds. The standard InChI is InChI=1S/C36H22N2O/c1-3-11-23(12-4-1)31-19-25(20-32(37-31)24-13-5-2-6-14-24)36-28-17-8-7-15-26(28)29-21-30-27-16-9-10-18-34(27)39-35(30)22-33(29)38-36/h1-22H. The molecule has 0 N–H and O–H groups in total. The van der Waals surface area contributed by atoms with Crippen LogP contribution in [0.2, 0.25) is 0 Å². The lowest BCUT2D eigenvalue weighted by atomic mass is 9.97. The summed E-state index contributed by atoms with van der Waals surface area (Å²) in [6.45, 7) is 0. The first-order valence-electron chi connectivity index (χ1n) is 13.1. The summed E-state index contributed by atoms with van der Waals surface area (Å²) in [7, 11) is 0. The SMILES string of the molecule is c1ccc(-c2cc(-c3nc4cc5oc6ccccc6c5cc4c4ccccc34)cc(-c3ccccc3)n2)cc1. The second-order valence-electron chi connectivity index (χ2n) is 9.83. The maximum absolute atomic E-state index is 6.22. The Morgan fingerprint density at radius 2 is 0.974 bits per heavy atom. The van der Waals surface area contributed by atoms with Gasteiger partial charge in [0, 0.05) is 44.3 Å². The molecule has 0 fully saturated rings. The molecule has 0 spiro atoms. The molecule has 3 aromatic heterocycles. The van der Waals surface area contributed by atoms with Gasteiger partial charge in [0.1, 0.15) is 11.2 Å². The first-order valence-corrected chi connectivity index (χ1v) is 13.1. The zero-order chi connectivity index (χ0) is 25.8. The molecule has 0 radical (unpaired) electrons. The molecule has 0 saturated carbocycles. The van der Waals surface area contributed by atoms with Crippen molar-refractivity contribution in [1.29, 1.82) is 0 Å². The van der Waals surface area contributed by atoms with Crippen molar-refractivity contribution < 1.29 is 4.42 Å². The molecule has 0 aliphatic carbocycles. The number of nitrogens with zero attached hydrogens (tertiary/aromatic N) is 2. The summed E-state index contributed by atoms with van der Waals surface area (Å²) >= 11 is 0. The first kappa shape index (κ1) is 21.8. The van der Waals surface area contributed by atoms with Crippen molar-refractivity contribution in [2.24, 2.45) is 0 Å². The van der Waals surface area contributed by atoms with Crippen LogP contribution in [-0.4, -0.2) is 9.97 Å². The largest absolute Gasteiger partial charge is 0.456 e. The van der Waals surface area contributed by atoms with Gasteiger partial charge in [-0.3, -0.25) is 0 Å². The summed E-state index contributed by atoms with van der Waals surface area (Å²) in [5, 5.41) is 5.63. The van der Waals surface area contributed by atoms with Crippen molar-refractivity contribution in [3.05, 3.63) is 133 Å². The highest BCUT2D eigenvalue weighted by Gasteiger charge is 2.16. The Hall–Kier alpha value is -5.28. The number of fused-ring (bicyclic) bond motifs is 6. The number of pyridine rings is 2. The molecule has 39 heavy (non-hydrogen) atoms. The second-order valence-corrected chi connectivity index (χ2v) is 9.83. The maximum atomic E-state index is 6.22. The molecule has 0 saturated heterocycles. The minimum atomic E-state index is 0.849. The summed E-state index contributed by atoms with van der Waals surface area (Å²) in [6.07, 6.45) is 0. The van der Waals surface area contributed by atoms with Crippen LogP contribution in [0, 0.1) is 0 Å². The normalized spacial score (nSPS) is 11.6. The topological polar surface area (TPSA) is 38.9 Å². The van der Waals surface area contributed by atoms with Crippen molar-refractivity contribution >= 4 is 43.6 Å². The molecule has 0 atom stereocenters. The van der Waals surface area contributed by atoms with Crippen molar-refractivity contribution in [2.75, 3.05) is 0 Å². The summed E-state index contributed by atoms with van der Waals surface area (Å²) in [6, 6.07) is 46.0. The van der Waals surface area contributed by atoms with Crippen LogP contribution in [0.4, 0.5) is 0 Å². The van der Waals surface area contributed by atoms with E-state index in [0.717, 1.165) is 72.0 Å². The zero-order valence-electron chi connectivity index (χ0n) is 21.0. The highest BCUT2D eigenvalue weighted by Crippen LogP contribution is 2.38. The molecule has 3 heteroatoms. The van der Waals surface area contributed by atoms with Gasteiger partial charge in [-0.15, -0.1) is 0 Å². The average Bonchev–Trinajstić information content (AvgIpc) is 3.38. The third-order valence-corrected chi connectivity index (χ3v) is 7.44. The smallest absolute Gasteiger partial charge is 0.137 e. The lowest BCUT2D eigenvalue weighted by molar-refractivity contribution is 0.669. The Kier molecular flexibility index (Phi) is 4.82. The molecule has 182 valence electrons. The molecule has 0 unspecified atom stereocenters. The van der Waals surface area contributed by atoms with E-state index in [1.165, 1.54) is 5.39 Å². The van der Waals surface area contributed by atoms with Crippen LogP contribution in [0.1, 0.15) is 0 Å². The number of hydrogen-bond donors (Lipinski definition) is 0. The van der Waals surface area contributed by atoms with Gasteiger partial charge in [0.05, 0.1) is 22.6 Å². The lowest BCUT2D eigenvalue weighted by Gasteiger charge is -2.13. The Morgan fingerprint density at radius 1 is 0.385 bits per heavy atom. The zero-order valence-corrected chi connectivity index (χ0v) is 21.0. The summed E-state index contributed by atoms with van der Waals surface area (Å²) in [5.74, 6) is 0. The molecule has 5 aromatic carbocycles. The first-order chi connectivity index (χ1) is 19.3. The van der Waals surface area contributed by atoms with Crippen LogP contribution in [0.25, 0.3) is 77.4 Å². The van der Waals surface area contributed by atoms with E-state index in [9.17, 15) is 0 Å². The molecule has 3 nitrogen and oxygen atoms in total. The number of furan rings is 1. The Balaban J connectivity index is 1.44. The van der Waals surface area contributed by atoms with E-state index in [4.69, 9.17) is 14.4 Å². The van der Waals surface area contributed by atoms with E-state index in [1.54, 1.807) is 0 Å². The minimum Gasteiger partial charge on any atom is -0.456 e. The Bertz CT molecular complexity index is 2110. The molecule has 3 heterocycles. The fourth-order valence-electron chi connectivity index (χ4n) is 5.57. The average molecular weight is 499 g/mol. The van der Waals surface area contributed by atoms with Gasteiger partial charge in [0.15, 0.2) is 0 Å². The van der Waals surface area contributed by atoms with Crippen molar-refractivity contribution in [3.63, 3.8) is 0 Å². The molecule has 0 aliphatic rings. The van der Waals surface area contributed by atoms with Gasteiger partial charge in [0.2, 0.25) is 0 Å². The quantitative estimate of drug-likeness (QED) is 0.228. The monoisotopic (exact) mass is 498 g/mol. The van der Waals surface area contributed by atoms with E-state index in [0.29, 0.717) is 0 Å². The second kappa shape index (κ2) is 8.64. The summed E-state index contributed by atoms with van der Waals surface area (Å²) in [5.41, 5.74) is 8.61. The minimum absolute atomic E-state index is 0.849. The lowest BCUT2D eigenvalue weighted by Crippen LogP contribution is -1.94. The third-order valence-electron chi connectivity index (χ3n) is 7.44. The molecule has 0 aliphatic heterocycles. The number of benzene rings is 5. The number of hydrogen-bond acceptors (Lipinski definition) is 3. The van der Waals surface area contributed by atoms with Gasteiger partial charge in [-0.1, -0.05) is 103 Å². The Labute approximate surface area is 225 Å². The molecular formula is C36H22N2O. The molecule has 8 aromatic rings. The third kappa shape index (κ3) is 3.59. The number of rotatable bonds is 3. The fraction of sp³-hybridized carbons (Fsp3) is 0.